The van der Waals surface area contributed by atoms with E-state index in [4.69, 9.17) is 5.26 Å². The Hall–Kier alpha value is -1.54. The van der Waals surface area contributed by atoms with E-state index in [1.54, 1.807) is 12.1 Å². The molecule has 17 heavy (non-hydrogen) atoms. The van der Waals surface area contributed by atoms with Gasteiger partial charge in [-0.3, -0.25) is 4.79 Å². The largest absolute Gasteiger partial charge is 0.309 e. The van der Waals surface area contributed by atoms with E-state index in [-0.39, 0.29) is 23.1 Å². The van der Waals surface area contributed by atoms with Gasteiger partial charge < -0.3 is 4.90 Å². The standard InChI is InChI=1S/C12H11FN2OS/c13-12-9(5-14)2-1-3-10(12)15-6-8(7-17)4-11(15)16/h1-3,8,17H,4,6-7H2. The van der Waals surface area contributed by atoms with Crippen LogP contribution in [0.1, 0.15) is 12.0 Å². The first-order valence-corrected chi connectivity index (χ1v) is 5.90. The number of amides is 1. The van der Waals surface area contributed by atoms with Crippen LogP contribution in [-0.4, -0.2) is 18.2 Å². The zero-order valence-corrected chi connectivity index (χ0v) is 9.95. The summed E-state index contributed by atoms with van der Waals surface area (Å²) in [6, 6.07) is 6.27. The Morgan fingerprint density at radius 3 is 2.94 bits per heavy atom. The first-order valence-electron chi connectivity index (χ1n) is 5.27. The molecule has 5 heteroatoms. The van der Waals surface area contributed by atoms with Crippen LogP contribution in [0.5, 0.6) is 0 Å². The van der Waals surface area contributed by atoms with E-state index in [1.807, 2.05) is 0 Å². The van der Waals surface area contributed by atoms with Crippen molar-refractivity contribution in [1.82, 2.24) is 0 Å². The highest BCUT2D eigenvalue weighted by atomic mass is 32.1. The Morgan fingerprint density at radius 1 is 1.59 bits per heavy atom. The Balaban J connectivity index is 2.36. The van der Waals surface area contributed by atoms with Crippen LogP contribution >= 0.6 is 12.6 Å². The minimum absolute atomic E-state index is 0.0374. The van der Waals surface area contributed by atoms with Crippen molar-refractivity contribution in [3.05, 3.63) is 29.6 Å². The van der Waals surface area contributed by atoms with Gasteiger partial charge in [-0.1, -0.05) is 6.07 Å². The second-order valence-corrected chi connectivity index (χ2v) is 4.37. The van der Waals surface area contributed by atoms with E-state index < -0.39 is 5.82 Å². The van der Waals surface area contributed by atoms with Crippen molar-refractivity contribution in [1.29, 1.82) is 5.26 Å². The maximum absolute atomic E-state index is 13.9. The normalized spacial score (nSPS) is 19.5. The van der Waals surface area contributed by atoms with Gasteiger partial charge in [0.05, 0.1) is 11.3 Å². The molecule has 1 aromatic carbocycles. The lowest BCUT2D eigenvalue weighted by Crippen LogP contribution is -2.25. The zero-order valence-electron chi connectivity index (χ0n) is 9.06. The van der Waals surface area contributed by atoms with E-state index in [1.165, 1.54) is 17.0 Å². The van der Waals surface area contributed by atoms with E-state index in [9.17, 15) is 9.18 Å². The van der Waals surface area contributed by atoms with Crippen molar-refractivity contribution in [2.75, 3.05) is 17.2 Å². The average Bonchev–Trinajstić information content (AvgIpc) is 2.71. The molecule has 1 fully saturated rings. The quantitative estimate of drug-likeness (QED) is 0.816. The predicted octanol–water partition coefficient (Wildman–Crippen LogP) is 1.98. The summed E-state index contributed by atoms with van der Waals surface area (Å²) in [6.07, 6.45) is 0.389. The fourth-order valence-corrected chi connectivity index (χ4v) is 2.20. The fourth-order valence-electron chi connectivity index (χ4n) is 1.95. The third-order valence-corrected chi connectivity index (χ3v) is 3.37. The average molecular weight is 250 g/mol. The molecule has 1 aliphatic rings. The van der Waals surface area contributed by atoms with Crippen LogP contribution in [-0.2, 0) is 4.79 Å². The molecule has 1 unspecified atom stereocenters. The lowest BCUT2D eigenvalue weighted by Gasteiger charge is -2.17. The number of hydrogen-bond donors (Lipinski definition) is 1. The van der Waals surface area contributed by atoms with Crippen molar-refractivity contribution in [3.63, 3.8) is 0 Å². The summed E-state index contributed by atoms with van der Waals surface area (Å²) in [5, 5.41) is 8.74. The fraction of sp³-hybridized carbons (Fsp3) is 0.333. The molecule has 0 radical (unpaired) electrons. The third kappa shape index (κ3) is 2.13. The highest BCUT2D eigenvalue weighted by molar-refractivity contribution is 7.80. The van der Waals surface area contributed by atoms with Gasteiger partial charge in [-0.25, -0.2) is 4.39 Å². The summed E-state index contributed by atoms with van der Waals surface area (Å²) in [7, 11) is 0. The summed E-state index contributed by atoms with van der Waals surface area (Å²) < 4.78 is 13.9. The maximum atomic E-state index is 13.9. The molecule has 1 aromatic rings. The molecule has 0 aromatic heterocycles. The number of rotatable bonds is 2. The van der Waals surface area contributed by atoms with Gasteiger partial charge in [0.25, 0.3) is 0 Å². The number of thiol groups is 1. The molecule has 1 amide bonds. The topological polar surface area (TPSA) is 44.1 Å². The zero-order chi connectivity index (χ0) is 12.4. The molecule has 0 spiro atoms. The number of nitrogens with zero attached hydrogens (tertiary/aromatic N) is 2. The minimum Gasteiger partial charge on any atom is -0.309 e. The van der Waals surface area contributed by atoms with Crippen molar-refractivity contribution < 1.29 is 9.18 Å². The lowest BCUT2D eigenvalue weighted by atomic mass is 10.1. The Kier molecular flexibility index (Phi) is 3.34. The summed E-state index contributed by atoms with van der Waals surface area (Å²) >= 11 is 4.15. The Labute approximate surface area is 104 Å². The monoisotopic (exact) mass is 250 g/mol. The second-order valence-electron chi connectivity index (χ2n) is 4.01. The van der Waals surface area contributed by atoms with Crippen LogP contribution < -0.4 is 4.90 Å². The van der Waals surface area contributed by atoms with Crippen molar-refractivity contribution in [2.45, 2.75) is 6.42 Å². The number of hydrogen-bond acceptors (Lipinski definition) is 3. The molecule has 2 rings (SSSR count). The minimum atomic E-state index is -0.622. The third-order valence-electron chi connectivity index (χ3n) is 2.85. The second kappa shape index (κ2) is 4.76. The number of anilines is 1. The number of carbonyl (C=O) groups excluding carboxylic acids is 1. The molecule has 0 saturated carbocycles. The highest BCUT2D eigenvalue weighted by Crippen LogP contribution is 2.29. The molecule has 88 valence electrons. The molecular formula is C12H11FN2OS. The number of benzene rings is 1. The molecule has 0 N–H and O–H groups in total. The highest BCUT2D eigenvalue weighted by Gasteiger charge is 2.31. The van der Waals surface area contributed by atoms with Gasteiger partial charge in [0, 0.05) is 13.0 Å². The van der Waals surface area contributed by atoms with Crippen LogP contribution in [0, 0.1) is 23.1 Å². The summed E-state index contributed by atoms with van der Waals surface area (Å²) in [5.74, 6) is 0.0131. The molecule has 1 aliphatic heterocycles. The van der Waals surface area contributed by atoms with Crippen molar-refractivity contribution in [3.8, 4) is 6.07 Å². The van der Waals surface area contributed by atoms with Gasteiger partial charge in [0.1, 0.15) is 6.07 Å². The van der Waals surface area contributed by atoms with Gasteiger partial charge >= 0.3 is 0 Å². The Morgan fingerprint density at radius 2 is 2.35 bits per heavy atom. The first-order chi connectivity index (χ1) is 8.17. The Bertz CT molecular complexity index is 498. The summed E-state index contributed by atoms with van der Waals surface area (Å²) in [5.41, 5.74) is 0.156. The number of carbonyl (C=O) groups is 1. The first kappa shape index (κ1) is 11.9. The predicted molar refractivity (Wildman–Crippen MR) is 65.4 cm³/mol. The molecule has 1 heterocycles. The van der Waals surface area contributed by atoms with Crippen molar-refractivity contribution >= 4 is 24.2 Å². The van der Waals surface area contributed by atoms with E-state index in [0.717, 1.165) is 0 Å². The molecule has 0 bridgehead atoms. The van der Waals surface area contributed by atoms with Crippen LogP contribution in [0.15, 0.2) is 18.2 Å². The van der Waals surface area contributed by atoms with Gasteiger partial charge in [0.2, 0.25) is 5.91 Å². The van der Waals surface area contributed by atoms with Gasteiger partial charge in [0.15, 0.2) is 5.82 Å². The summed E-state index contributed by atoms with van der Waals surface area (Å²) in [6.45, 7) is 0.466. The van der Waals surface area contributed by atoms with E-state index in [2.05, 4.69) is 12.6 Å². The maximum Gasteiger partial charge on any atom is 0.227 e. The van der Waals surface area contributed by atoms with E-state index >= 15 is 0 Å². The molecule has 1 saturated heterocycles. The lowest BCUT2D eigenvalue weighted by molar-refractivity contribution is -0.117. The van der Waals surface area contributed by atoms with Crippen LogP contribution in [0.4, 0.5) is 10.1 Å². The van der Waals surface area contributed by atoms with Gasteiger partial charge in [-0.05, 0) is 23.8 Å². The molecule has 0 aliphatic carbocycles. The SMILES string of the molecule is N#Cc1cccc(N2CC(CS)CC2=O)c1F. The van der Waals surface area contributed by atoms with Crippen LogP contribution in [0.3, 0.4) is 0 Å². The molecule has 1 atom stereocenters. The smallest absolute Gasteiger partial charge is 0.227 e. The number of halogens is 1. The van der Waals surface area contributed by atoms with Gasteiger partial charge in [-0.2, -0.15) is 17.9 Å². The van der Waals surface area contributed by atoms with Crippen LogP contribution in [0.2, 0.25) is 0 Å². The van der Waals surface area contributed by atoms with Crippen LogP contribution in [0.25, 0.3) is 0 Å². The van der Waals surface area contributed by atoms with Crippen molar-refractivity contribution in [2.24, 2.45) is 5.92 Å². The number of nitriles is 1. The molecular weight excluding hydrogens is 239 g/mol. The van der Waals surface area contributed by atoms with E-state index in [0.29, 0.717) is 18.7 Å². The summed E-state index contributed by atoms with van der Waals surface area (Å²) in [4.78, 5) is 13.1. The van der Waals surface area contributed by atoms with Gasteiger partial charge in [-0.15, -0.1) is 0 Å². The molecule has 3 nitrogen and oxygen atoms in total.